The van der Waals surface area contributed by atoms with Crippen molar-refractivity contribution >= 4 is 11.9 Å². The molecule has 4 nitrogen and oxygen atoms in total. The SMILES string of the molecule is CC(Cc1cccc(F)c1)C(=O)NC(C(=O)O)C(C)C. The first kappa shape index (κ1) is 16.1. The Morgan fingerprint density at radius 3 is 2.45 bits per heavy atom. The molecule has 0 saturated heterocycles. The summed E-state index contributed by atoms with van der Waals surface area (Å²) in [4.78, 5) is 23.0. The molecule has 0 aliphatic heterocycles. The summed E-state index contributed by atoms with van der Waals surface area (Å²) in [6, 6.07) is 5.14. The van der Waals surface area contributed by atoms with Crippen LogP contribution in [-0.2, 0) is 16.0 Å². The Morgan fingerprint density at radius 2 is 1.95 bits per heavy atom. The van der Waals surface area contributed by atoms with Crippen LogP contribution in [0.15, 0.2) is 24.3 Å². The number of rotatable bonds is 6. The Bertz CT molecular complexity index is 488. The molecule has 0 aromatic heterocycles. The van der Waals surface area contributed by atoms with E-state index >= 15 is 0 Å². The van der Waals surface area contributed by atoms with Gasteiger partial charge in [0.05, 0.1) is 0 Å². The number of carbonyl (C=O) groups is 2. The van der Waals surface area contributed by atoms with Crippen molar-refractivity contribution in [3.63, 3.8) is 0 Å². The van der Waals surface area contributed by atoms with Gasteiger partial charge in [-0.2, -0.15) is 0 Å². The highest BCUT2D eigenvalue weighted by Gasteiger charge is 2.25. The highest BCUT2D eigenvalue weighted by molar-refractivity contribution is 5.85. The van der Waals surface area contributed by atoms with Gasteiger partial charge in [-0.15, -0.1) is 0 Å². The van der Waals surface area contributed by atoms with Crippen molar-refractivity contribution in [2.24, 2.45) is 11.8 Å². The summed E-state index contributed by atoms with van der Waals surface area (Å²) in [5.74, 6) is -2.35. The minimum absolute atomic E-state index is 0.196. The molecule has 5 heteroatoms. The topological polar surface area (TPSA) is 66.4 Å². The van der Waals surface area contributed by atoms with Crippen molar-refractivity contribution in [1.82, 2.24) is 5.32 Å². The molecule has 0 aliphatic rings. The third-order valence-electron chi connectivity index (χ3n) is 3.11. The lowest BCUT2D eigenvalue weighted by Crippen LogP contribution is -2.46. The van der Waals surface area contributed by atoms with Gasteiger partial charge in [-0.25, -0.2) is 9.18 Å². The van der Waals surface area contributed by atoms with Gasteiger partial charge in [-0.05, 0) is 30.0 Å². The van der Waals surface area contributed by atoms with Crippen LogP contribution >= 0.6 is 0 Å². The molecule has 110 valence electrons. The van der Waals surface area contributed by atoms with Gasteiger partial charge in [0, 0.05) is 5.92 Å². The van der Waals surface area contributed by atoms with Crippen LogP contribution in [0.1, 0.15) is 26.3 Å². The van der Waals surface area contributed by atoms with E-state index in [2.05, 4.69) is 5.32 Å². The summed E-state index contributed by atoms with van der Waals surface area (Å²) in [6.45, 7) is 5.16. The van der Waals surface area contributed by atoms with E-state index in [1.165, 1.54) is 12.1 Å². The lowest BCUT2D eigenvalue weighted by Gasteiger charge is -2.20. The van der Waals surface area contributed by atoms with Crippen LogP contribution in [0.4, 0.5) is 4.39 Å². The molecule has 0 aliphatic carbocycles. The molecular weight excluding hydrogens is 261 g/mol. The van der Waals surface area contributed by atoms with Crippen LogP contribution in [0.2, 0.25) is 0 Å². The lowest BCUT2D eigenvalue weighted by molar-refractivity contribution is -0.143. The van der Waals surface area contributed by atoms with Crippen molar-refractivity contribution in [3.05, 3.63) is 35.6 Å². The van der Waals surface area contributed by atoms with Gasteiger partial charge in [0.2, 0.25) is 5.91 Å². The Hall–Kier alpha value is -1.91. The van der Waals surface area contributed by atoms with Crippen molar-refractivity contribution in [2.75, 3.05) is 0 Å². The lowest BCUT2D eigenvalue weighted by atomic mass is 9.98. The molecule has 1 aromatic carbocycles. The third-order valence-corrected chi connectivity index (χ3v) is 3.11. The second-order valence-corrected chi connectivity index (χ2v) is 5.30. The summed E-state index contributed by atoms with van der Waals surface area (Å²) in [7, 11) is 0. The van der Waals surface area contributed by atoms with E-state index in [1.54, 1.807) is 32.9 Å². The minimum Gasteiger partial charge on any atom is -0.480 e. The summed E-state index contributed by atoms with van der Waals surface area (Å²) in [6.07, 6.45) is 0.369. The Labute approximate surface area is 118 Å². The van der Waals surface area contributed by atoms with Gasteiger partial charge in [0.25, 0.3) is 0 Å². The quantitative estimate of drug-likeness (QED) is 0.840. The maximum Gasteiger partial charge on any atom is 0.326 e. The molecule has 0 fully saturated rings. The summed E-state index contributed by atoms with van der Waals surface area (Å²) >= 11 is 0. The fourth-order valence-corrected chi connectivity index (χ4v) is 1.92. The first-order valence-corrected chi connectivity index (χ1v) is 6.59. The van der Waals surface area contributed by atoms with Gasteiger partial charge < -0.3 is 10.4 Å². The number of carbonyl (C=O) groups excluding carboxylic acids is 1. The molecule has 2 unspecified atom stereocenters. The second-order valence-electron chi connectivity index (χ2n) is 5.30. The van der Waals surface area contributed by atoms with E-state index in [1.807, 2.05) is 0 Å². The highest BCUT2D eigenvalue weighted by Crippen LogP contribution is 2.11. The van der Waals surface area contributed by atoms with Crippen LogP contribution in [0.5, 0.6) is 0 Å². The average molecular weight is 281 g/mol. The van der Waals surface area contributed by atoms with E-state index in [9.17, 15) is 14.0 Å². The fourth-order valence-electron chi connectivity index (χ4n) is 1.92. The molecule has 20 heavy (non-hydrogen) atoms. The first-order valence-electron chi connectivity index (χ1n) is 6.59. The number of carboxylic acid groups (broad SMARTS) is 1. The van der Waals surface area contributed by atoms with Crippen LogP contribution < -0.4 is 5.32 Å². The van der Waals surface area contributed by atoms with E-state index in [4.69, 9.17) is 5.11 Å². The molecule has 2 N–H and O–H groups in total. The summed E-state index contributed by atoms with van der Waals surface area (Å²) in [5, 5.41) is 11.6. The normalized spacial score (nSPS) is 13.8. The number of benzene rings is 1. The van der Waals surface area contributed by atoms with Crippen molar-refractivity contribution in [1.29, 1.82) is 0 Å². The molecule has 1 rings (SSSR count). The van der Waals surface area contributed by atoms with Crippen LogP contribution in [0, 0.1) is 17.7 Å². The molecule has 0 saturated carbocycles. The average Bonchev–Trinajstić information content (AvgIpc) is 2.34. The summed E-state index contributed by atoms with van der Waals surface area (Å²) in [5.41, 5.74) is 0.712. The van der Waals surface area contributed by atoms with Gasteiger partial charge in [-0.1, -0.05) is 32.9 Å². The fraction of sp³-hybridized carbons (Fsp3) is 0.467. The number of aliphatic carboxylic acids is 1. The number of halogens is 1. The van der Waals surface area contributed by atoms with Crippen molar-refractivity contribution in [3.8, 4) is 0 Å². The standard InChI is InChI=1S/C15H20FNO3/c1-9(2)13(15(19)20)17-14(18)10(3)7-11-5-4-6-12(16)8-11/h4-6,8-10,13H,7H2,1-3H3,(H,17,18)(H,19,20). The maximum absolute atomic E-state index is 13.1. The molecule has 0 heterocycles. The zero-order valence-corrected chi connectivity index (χ0v) is 11.9. The monoisotopic (exact) mass is 281 g/mol. The summed E-state index contributed by atoms with van der Waals surface area (Å²) < 4.78 is 13.1. The minimum atomic E-state index is -1.05. The number of nitrogens with one attached hydrogen (secondary N) is 1. The van der Waals surface area contributed by atoms with E-state index < -0.39 is 17.9 Å². The first-order chi connectivity index (χ1) is 9.31. The number of amides is 1. The molecule has 2 atom stereocenters. The number of hydrogen-bond acceptors (Lipinski definition) is 2. The number of carboxylic acids is 1. The second kappa shape index (κ2) is 7.03. The van der Waals surface area contributed by atoms with E-state index in [0.717, 1.165) is 0 Å². The molecule has 0 spiro atoms. The Morgan fingerprint density at radius 1 is 1.30 bits per heavy atom. The van der Waals surface area contributed by atoms with E-state index in [-0.39, 0.29) is 17.6 Å². The molecule has 0 bridgehead atoms. The zero-order valence-electron chi connectivity index (χ0n) is 11.9. The Balaban J connectivity index is 2.65. The smallest absolute Gasteiger partial charge is 0.326 e. The van der Waals surface area contributed by atoms with Gasteiger partial charge in [0.1, 0.15) is 11.9 Å². The van der Waals surface area contributed by atoms with Gasteiger partial charge >= 0.3 is 5.97 Å². The third kappa shape index (κ3) is 4.64. The van der Waals surface area contributed by atoms with E-state index in [0.29, 0.717) is 12.0 Å². The predicted molar refractivity (Wildman–Crippen MR) is 73.7 cm³/mol. The van der Waals surface area contributed by atoms with Crippen molar-refractivity contribution in [2.45, 2.75) is 33.2 Å². The van der Waals surface area contributed by atoms with Crippen LogP contribution in [0.25, 0.3) is 0 Å². The number of hydrogen-bond donors (Lipinski definition) is 2. The molecule has 0 radical (unpaired) electrons. The molecule has 1 aromatic rings. The predicted octanol–water partition coefficient (Wildman–Crippen LogP) is 2.23. The zero-order chi connectivity index (χ0) is 15.3. The van der Waals surface area contributed by atoms with Crippen molar-refractivity contribution < 1.29 is 19.1 Å². The molecule has 1 amide bonds. The Kier molecular flexibility index (Phi) is 5.67. The van der Waals surface area contributed by atoms with Crippen LogP contribution in [-0.4, -0.2) is 23.0 Å². The van der Waals surface area contributed by atoms with Gasteiger partial charge in [0.15, 0.2) is 0 Å². The van der Waals surface area contributed by atoms with Crippen LogP contribution in [0.3, 0.4) is 0 Å². The van der Waals surface area contributed by atoms with Gasteiger partial charge in [-0.3, -0.25) is 4.79 Å². The molecular formula is C15H20FNO3. The maximum atomic E-state index is 13.1. The largest absolute Gasteiger partial charge is 0.480 e. The highest BCUT2D eigenvalue weighted by atomic mass is 19.1.